The molecule has 0 aliphatic carbocycles. The standard InChI is InChI=1S/C13H17FN2O7/c1-2-20-5-8-22-9-7(4-17)21-12(10(9)23-8)16-3-6(14)11(18)15-13(16)19/h3,7-10,12,17H,2,4-5H2,1H3,(H,15,18,19)/t7-,8?,9-,10-,12-/m1/s1. The number of fused-ring (bicyclic) bond motifs is 1. The van der Waals surface area contributed by atoms with Gasteiger partial charge in [-0.3, -0.25) is 14.3 Å². The lowest BCUT2D eigenvalue weighted by atomic mass is 10.1. The van der Waals surface area contributed by atoms with E-state index in [0.29, 0.717) is 6.61 Å². The number of aromatic amines is 1. The number of rotatable bonds is 5. The molecule has 2 saturated heterocycles. The van der Waals surface area contributed by atoms with Gasteiger partial charge in [0.2, 0.25) is 5.82 Å². The smallest absolute Gasteiger partial charge is 0.330 e. The molecule has 0 saturated carbocycles. The van der Waals surface area contributed by atoms with E-state index in [9.17, 15) is 19.1 Å². The molecule has 2 aliphatic rings. The van der Waals surface area contributed by atoms with Crippen molar-refractivity contribution in [1.82, 2.24) is 9.55 Å². The van der Waals surface area contributed by atoms with Crippen molar-refractivity contribution >= 4 is 0 Å². The molecular formula is C13H17FN2O7. The third-order valence-corrected chi connectivity index (χ3v) is 3.74. The zero-order valence-electron chi connectivity index (χ0n) is 12.3. The number of hydrogen-bond donors (Lipinski definition) is 2. The second-order valence-electron chi connectivity index (χ2n) is 5.18. The van der Waals surface area contributed by atoms with Crippen LogP contribution in [0.25, 0.3) is 0 Å². The first kappa shape index (κ1) is 16.3. The van der Waals surface area contributed by atoms with Crippen molar-refractivity contribution in [3.63, 3.8) is 0 Å². The van der Waals surface area contributed by atoms with Gasteiger partial charge in [-0.2, -0.15) is 4.39 Å². The van der Waals surface area contributed by atoms with Gasteiger partial charge in [-0.25, -0.2) is 4.79 Å². The number of aliphatic hydroxyl groups is 1. The van der Waals surface area contributed by atoms with Crippen LogP contribution in [-0.4, -0.2) is 59.1 Å². The van der Waals surface area contributed by atoms with E-state index in [0.717, 1.165) is 10.8 Å². The van der Waals surface area contributed by atoms with Crippen LogP contribution < -0.4 is 11.2 Å². The van der Waals surface area contributed by atoms with Crippen molar-refractivity contribution in [2.75, 3.05) is 19.8 Å². The lowest BCUT2D eigenvalue weighted by Crippen LogP contribution is -2.38. The first-order valence-corrected chi connectivity index (χ1v) is 7.21. The van der Waals surface area contributed by atoms with E-state index in [1.807, 2.05) is 11.9 Å². The minimum absolute atomic E-state index is 0.184. The molecule has 9 nitrogen and oxygen atoms in total. The van der Waals surface area contributed by atoms with E-state index < -0.39 is 47.9 Å². The molecule has 128 valence electrons. The van der Waals surface area contributed by atoms with Crippen molar-refractivity contribution < 1.29 is 28.4 Å². The monoisotopic (exact) mass is 332 g/mol. The molecule has 1 unspecified atom stereocenters. The zero-order chi connectivity index (χ0) is 16.6. The van der Waals surface area contributed by atoms with Crippen LogP contribution in [0.2, 0.25) is 0 Å². The van der Waals surface area contributed by atoms with Gasteiger partial charge in [-0.05, 0) is 6.92 Å². The number of hydrogen-bond acceptors (Lipinski definition) is 7. The van der Waals surface area contributed by atoms with Crippen LogP contribution in [0, 0.1) is 5.82 Å². The Balaban J connectivity index is 1.87. The predicted octanol–water partition coefficient (Wildman–Crippen LogP) is -1.29. The summed E-state index contributed by atoms with van der Waals surface area (Å²) < 4.78 is 36.4. The van der Waals surface area contributed by atoms with Gasteiger partial charge >= 0.3 is 5.69 Å². The fourth-order valence-electron chi connectivity index (χ4n) is 2.71. The SMILES string of the molecule is CCOCC1O[C@@H]2[C@H](O1)[C@@H](CO)O[C@H]2n1cc(F)c(=O)[nH]c1=O. The molecule has 2 aliphatic heterocycles. The van der Waals surface area contributed by atoms with Gasteiger partial charge in [0.25, 0.3) is 5.56 Å². The van der Waals surface area contributed by atoms with Gasteiger partial charge in [-0.15, -0.1) is 0 Å². The molecule has 23 heavy (non-hydrogen) atoms. The highest BCUT2D eigenvalue weighted by Gasteiger charge is 2.53. The minimum Gasteiger partial charge on any atom is -0.394 e. The van der Waals surface area contributed by atoms with Gasteiger partial charge in [0.15, 0.2) is 12.5 Å². The molecule has 0 bridgehead atoms. The molecule has 1 aromatic heterocycles. The van der Waals surface area contributed by atoms with E-state index in [2.05, 4.69) is 0 Å². The Kier molecular flexibility index (Phi) is 4.60. The molecule has 0 radical (unpaired) electrons. The number of ether oxygens (including phenoxy) is 4. The van der Waals surface area contributed by atoms with Gasteiger partial charge in [0.1, 0.15) is 18.3 Å². The Hall–Kier alpha value is -1.59. The minimum atomic E-state index is -1.12. The summed E-state index contributed by atoms with van der Waals surface area (Å²) in [6.07, 6.45) is -3.05. The lowest BCUT2D eigenvalue weighted by molar-refractivity contribution is -0.170. The molecule has 3 rings (SSSR count). The van der Waals surface area contributed by atoms with Gasteiger partial charge < -0.3 is 24.1 Å². The normalized spacial score (nSPS) is 33.1. The number of aromatic nitrogens is 2. The van der Waals surface area contributed by atoms with Crippen LogP contribution >= 0.6 is 0 Å². The first-order valence-electron chi connectivity index (χ1n) is 7.21. The molecule has 2 fully saturated rings. The van der Waals surface area contributed by atoms with Crippen LogP contribution in [0.15, 0.2) is 15.8 Å². The Bertz CT molecular complexity index is 675. The van der Waals surface area contributed by atoms with E-state index in [1.165, 1.54) is 0 Å². The second kappa shape index (κ2) is 6.49. The molecule has 10 heteroatoms. The largest absolute Gasteiger partial charge is 0.394 e. The summed E-state index contributed by atoms with van der Waals surface area (Å²) in [7, 11) is 0. The maximum atomic E-state index is 13.5. The van der Waals surface area contributed by atoms with Crippen molar-refractivity contribution in [3.05, 3.63) is 32.9 Å². The molecule has 0 amide bonds. The third kappa shape index (κ3) is 2.95. The summed E-state index contributed by atoms with van der Waals surface area (Å²) in [4.78, 5) is 24.9. The number of aliphatic hydroxyl groups excluding tert-OH is 1. The molecular weight excluding hydrogens is 315 g/mol. The van der Waals surface area contributed by atoms with Gasteiger partial charge in [-0.1, -0.05) is 0 Å². The van der Waals surface area contributed by atoms with Crippen LogP contribution in [0.3, 0.4) is 0 Å². The van der Waals surface area contributed by atoms with Crippen LogP contribution in [0.1, 0.15) is 13.2 Å². The average Bonchev–Trinajstić information content (AvgIpc) is 3.07. The number of nitrogens with one attached hydrogen (secondary N) is 1. The summed E-state index contributed by atoms with van der Waals surface area (Å²) in [5, 5.41) is 9.40. The molecule has 5 atom stereocenters. The van der Waals surface area contributed by atoms with E-state index in [4.69, 9.17) is 18.9 Å². The molecule has 2 N–H and O–H groups in total. The Morgan fingerprint density at radius 1 is 1.35 bits per heavy atom. The highest BCUT2D eigenvalue weighted by Crippen LogP contribution is 2.38. The maximum absolute atomic E-state index is 13.5. The summed E-state index contributed by atoms with van der Waals surface area (Å²) in [6.45, 7) is 2.12. The maximum Gasteiger partial charge on any atom is 0.330 e. The summed E-state index contributed by atoms with van der Waals surface area (Å²) >= 11 is 0. The average molecular weight is 332 g/mol. The quantitative estimate of drug-likeness (QED) is 0.690. The fourth-order valence-corrected chi connectivity index (χ4v) is 2.71. The van der Waals surface area contributed by atoms with Crippen LogP contribution in [-0.2, 0) is 18.9 Å². The topological polar surface area (TPSA) is 112 Å². The predicted molar refractivity (Wildman–Crippen MR) is 72.3 cm³/mol. The lowest BCUT2D eigenvalue weighted by Gasteiger charge is -2.20. The van der Waals surface area contributed by atoms with Gasteiger partial charge in [0, 0.05) is 6.61 Å². The van der Waals surface area contributed by atoms with Crippen molar-refractivity contribution in [2.24, 2.45) is 0 Å². The second-order valence-corrected chi connectivity index (χ2v) is 5.18. The number of halogens is 1. The van der Waals surface area contributed by atoms with E-state index >= 15 is 0 Å². The summed E-state index contributed by atoms with van der Waals surface area (Å²) in [6, 6.07) is 0. The van der Waals surface area contributed by atoms with Crippen molar-refractivity contribution in [3.8, 4) is 0 Å². The summed E-state index contributed by atoms with van der Waals surface area (Å²) in [5.74, 6) is -1.12. The highest BCUT2D eigenvalue weighted by molar-refractivity contribution is 4.98. The fraction of sp³-hybridized carbons (Fsp3) is 0.692. The van der Waals surface area contributed by atoms with E-state index in [1.54, 1.807) is 0 Å². The van der Waals surface area contributed by atoms with Crippen molar-refractivity contribution in [1.29, 1.82) is 0 Å². The third-order valence-electron chi connectivity index (χ3n) is 3.74. The van der Waals surface area contributed by atoms with Crippen molar-refractivity contribution in [2.45, 2.75) is 37.8 Å². The highest BCUT2D eigenvalue weighted by atomic mass is 19.1. The van der Waals surface area contributed by atoms with E-state index in [-0.39, 0.29) is 13.2 Å². The zero-order valence-corrected chi connectivity index (χ0v) is 12.3. The summed E-state index contributed by atoms with van der Waals surface area (Å²) in [5.41, 5.74) is -1.95. The van der Waals surface area contributed by atoms with Gasteiger partial charge in [0.05, 0.1) is 19.4 Å². The number of H-pyrrole nitrogens is 1. The molecule has 0 aromatic carbocycles. The van der Waals surface area contributed by atoms with Crippen LogP contribution in [0.5, 0.6) is 0 Å². The Morgan fingerprint density at radius 2 is 2.09 bits per heavy atom. The molecule has 3 heterocycles. The molecule has 0 spiro atoms. The molecule has 1 aromatic rings. The van der Waals surface area contributed by atoms with Crippen LogP contribution in [0.4, 0.5) is 4.39 Å². The first-order chi connectivity index (χ1) is 11.0. The Morgan fingerprint density at radius 3 is 2.78 bits per heavy atom. The number of nitrogens with zero attached hydrogens (tertiary/aromatic N) is 1. The Labute approximate surface area is 129 Å².